The third-order valence-electron chi connectivity index (χ3n) is 2.15. The molecule has 0 unspecified atom stereocenters. The number of hydrogen-bond acceptors (Lipinski definition) is 2. The standard InChI is InChI=1S/C12H14Cl2O2/c1-2-11(15)10-5-3-4-6-12(10)16-8-9(14)7-13/h3-7,11,15H,2,8H2,1H3/t11-/m1/s1. The largest absolute Gasteiger partial charge is 0.488 e. The van der Waals surface area contributed by atoms with Crippen LogP contribution in [0.4, 0.5) is 0 Å². The van der Waals surface area contributed by atoms with Crippen molar-refractivity contribution in [2.45, 2.75) is 19.4 Å². The summed E-state index contributed by atoms with van der Waals surface area (Å²) in [6, 6.07) is 7.34. The molecule has 0 aliphatic heterocycles. The zero-order valence-electron chi connectivity index (χ0n) is 8.99. The fourth-order valence-corrected chi connectivity index (χ4v) is 1.40. The topological polar surface area (TPSA) is 29.5 Å². The summed E-state index contributed by atoms with van der Waals surface area (Å²) in [5.41, 5.74) is 2.03. The lowest BCUT2D eigenvalue weighted by molar-refractivity contribution is 0.168. The number of ether oxygens (including phenoxy) is 1. The Morgan fingerprint density at radius 2 is 2.19 bits per heavy atom. The lowest BCUT2D eigenvalue weighted by Gasteiger charge is -2.14. The molecule has 1 rings (SSSR count). The molecule has 0 amide bonds. The van der Waals surface area contributed by atoms with Crippen LogP contribution in [0.1, 0.15) is 25.0 Å². The van der Waals surface area contributed by atoms with Gasteiger partial charge in [0.1, 0.15) is 12.4 Å². The molecule has 1 N–H and O–H groups in total. The molecule has 0 aromatic heterocycles. The van der Waals surface area contributed by atoms with Gasteiger partial charge in [0, 0.05) is 11.1 Å². The van der Waals surface area contributed by atoms with E-state index in [1.807, 2.05) is 25.1 Å². The highest BCUT2D eigenvalue weighted by Crippen LogP contribution is 2.27. The molecular weight excluding hydrogens is 247 g/mol. The number of aliphatic hydroxyl groups is 1. The molecule has 0 saturated heterocycles. The lowest BCUT2D eigenvalue weighted by Crippen LogP contribution is -2.03. The highest BCUT2D eigenvalue weighted by Gasteiger charge is 2.10. The maximum Gasteiger partial charge on any atom is 0.125 e. The number of benzene rings is 1. The second-order valence-corrected chi connectivity index (χ2v) is 4.01. The molecule has 0 radical (unpaired) electrons. The van der Waals surface area contributed by atoms with Crippen molar-refractivity contribution in [2.75, 3.05) is 6.61 Å². The first kappa shape index (κ1) is 13.4. The summed E-state index contributed by atoms with van der Waals surface area (Å²) in [6.07, 6.45) is 0.120. The van der Waals surface area contributed by atoms with Gasteiger partial charge in [-0.05, 0) is 12.5 Å². The Labute approximate surface area is 105 Å². The average molecular weight is 261 g/mol. The molecule has 0 heterocycles. The molecule has 0 bridgehead atoms. The maximum absolute atomic E-state index is 9.78. The molecule has 1 aromatic rings. The number of aliphatic hydroxyl groups excluding tert-OH is 1. The predicted molar refractivity (Wildman–Crippen MR) is 67.0 cm³/mol. The van der Waals surface area contributed by atoms with Gasteiger partial charge in [-0.3, -0.25) is 0 Å². The van der Waals surface area contributed by atoms with Crippen molar-refractivity contribution in [3.63, 3.8) is 0 Å². The van der Waals surface area contributed by atoms with Crippen LogP contribution in [0.25, 0.3) is 0 Å². The average Bonchev–Trinajstić information content (AvgIpc) is 2.35. The molecule has 88 valence electrons. The molecule has 16 heavy (non-hydrogen) atoms. The summed E-state index contributed by atoms with van der Waals surface area (Å²) < 4.78 is 5.47. The van der Waals surface area contributed by atoms with E-state index in [1.54, 1.807) is 6.07 Å². The summed E-state index contributed by atoms with van der Waals surface area (Å²) in [7, 11) is 0. The van der Waals surface area contributed by atoms with Gasteiger partial charge in [-0.25, -0.2) is 0 Å². The number of rotatable bonds is 5. The highest BCUT2D eigenvalue weighted by atomic mass is 35.5. The van der Waals surface area contributed by atoms with Crippen molar-refractivity contribution in [3.8, 4) is 5.75 Å². The lowest BCUT2D eigenvalue weighted by atomic mass is 10.1. The van der Waals surface area contributed by atoms with Crippen LogP contribution in [0.15, 0.2) is 34.8 Å². The minimum absolute atomic E-state index is 0.207. The fourth-order valence-electron chi connectivity index (χ4n) is 1.29. The van der Waals surface area contributed by atoms with Gasteiger partial charge in [0.15, 0.2) is 0 Å². The van der Waals surface area contributed by atoms with Crippen molar-refractivity contribution in [1.82, 2.24) is 0 Å². The first-order valence-electron chi connectivity index (χ1n) is 5.03. The normalized spacial score (nSPS) is 13.6. The first-order valence-corrected chi connectivity index (χ1v) is 5.85. The van der Waals surface area contributed by atoms with E-state index in [-0.39, 0.29) is 6.61 Å². The molecule has 0 saturated carbocycles. The predicted octanol–water partition coefficient (Wildman–Crippen LogP) is 3.83. The van der Waals surface area contributed by atoms with Crippen LogP contribution in [-0.2, 0) is 0 Å². The Hall–Kier alpha value is -0.700. The minimum atomic E-state index is -0.519. The zero-order chi connectivity index (χ0) is 12.0. The van der Waals surface area contributed by atoms with E-state index >= 15 is 0 Å². The van der Waals surface area contributed by atoms with Crippen molar-refractivity contribution in [3.05, 3.63) is 40.4 Å². The van der Waals surface area contributed by atoms with Crippen LogP contribution < -0.4 is 4.74 Å². The van der Waals surface area contributed by atoms with E-state index in [0.717, 1.165) is 5.56 Å². The zero-order valence-corrected chi connectivity index (χ0v) is 10.5. The van der Waals surface area contributed by atoms with E-state index in [4.69, 9.17) is 27.9 Å². The molecule has 0 aliphatic rings. The molecule has 1 aromatic carbocycles. The van der Waals surface area contributed by atoms with Crippen molar-refractivity contribution >= 4 is 23.2 Å². The fraction of sp³-hybridized carbons (Fsp3) is 0.333. The van der Waals surface area contributed by atoms with Gasteiger partial charge in [0.2, 0.25) is 0 Å². The van der Waals surface area contributed by atoms with Gasteiger partial charge in [0.25, 0.3) is 0 Å². The third kappa shape index (κ3) is 3.71. The smallest absolute Gasteiger partial charge is 0.125 e. The summed E-state index contributed by atoms with van der Waals surface area (Å²) >= 11 is 11.1. The van der Waals surface area contributed by atoms with Gasteiger partial charge < -0.3 is 9.84 Å². The van der Waals surface area contributed by atoms with E-state index in [1.165, 1.54) is 5.54 Å². The monoisotopic (exact) mass is 260 g/mol. The Morgan fingerprint density at radius 3 is 2.81 bits per heavy atom. The first-order chi connectivity index (χ1) is 7.69. The number of para-hydroxylation sites is 1. The number of hydrogen-bond donors (Lipinski definition) is 1. The van der Waals surface area contributed by atoms with Crippen LogP contribution in [0.5, 0.6) is 5.75 Å². The summed E-state index contributed by atoms with van der Waals surface area (Å²) in [5, 5.41) is 10.2. The SMILES string of the molecule is CC[C@@H](O)c1ccccc1OCC(Cl)=CCl. The van der Waals surface area contributed by atoms with Gasteiger partial charge in [-0.2, -0.15) is 0 Å². The van der Waals surface area contributed by atoms with E-state index < -0.39 is 6.10 Å². The van der Waals surface area contributed by atoms with Gasteiger partial charge in [-0.15, -0.1) is 0 Å². The second kappa shape index (κ2) is 6.79. The van der Waals surface area contributed by atoms with E-state index in [2.05, 4.69) is 0 Å². The van der Waals surface area contributed by atoms with Crippen molar-refractivity contribution < 1.29 is 9.84 Å². The van der Waals surface area contributed by atoms with Crippen molar-refractivity contribution in [1.29, 1.82) is 0 Å². The second-order valence-electron chi connectivity index (χ2n) is 3.31. The maximum atomic E-state index is 9.78. The van der Waals surface area contributed by atoms with E-state index in [9.17, 15) is 5.11 Å². The molecule has 2 nitrogen and oxygen atoms in total. The van der Waals surface area contributed by atoms with Gasteiger partial charge in [-0.1, -0.05) is 48.3 Å². The molecule has 4 heteroatoms. The van der Waals surface area contributed by atoms with Crippen LogP contribution in [0.2, 0.25) is 0 Å². The van der Waals surface area contributed by atoms with Crippen LogP contribution in [0, 0.1) is 0 Å². The van der Waals surface area contributed by atoms with Gasteiger partial charge in [0.05, 0.1) is 11.1 Å². The third-order valence-corrected chi connectivity index (χ3v) is 2.74. The molecule has 1 atom stereocenters. The van der Waals surface area contributed by atoms with Crippen molar-refractivity contribution in [2.24, 2.45) is 0 Å². The molecule has 0 aliphatic carbocycles. The minimum Gasteiger partial charge on any atom is -0.488 e. The Morgan fingerprint density at radius 1 is 1.50 bits per heavy atom. The Bertz CT molecular complexity index is 364. The van der Waals surface area contributed by atoms with Crippen LogP contribution in [0.3, 0.4) is 0 Å². The molecular formula is C12H14Cl2O2. The Balaban J connectivity index is 2.79. The Kier molecular flexibility index (Phi) is 5.67. The van der Waals surface area contributed by atoms with E-state index in [0.29, 0.717) is 17.2 Å². The summed E-state index contributed by atoms with van der Waals surface area (Å²) in [4.78, 5) is 0. The molecule has 0 fully saturated rings. The molecule has 0 spiro atoms. The summed E-state index contributed by atoms with van der Waals surface area (Å²) in [5.74, 6) is 0.633. The highest BCUT2D eigenvalue weighted by molar-refractivity contribution is 6.36. The van der Waals surface area contributed by atoms with Crippen LogP contribution >= 0.6 is 23.2 Å². The van der Waals surface area contributed by atoms with Gasteiger partial charge >= 0.3 is 0 Å². The number of halogens is 2. The quantitative estimate of drug-likeness (QED) is 0.872. The van der Waals surface area contributed by atoms with Crippen LogP contribution in [-0.4, -0.2) is 11.7 Å². The summed E-state index contributed by atoms with van der Waals surface area (Å²) in [6.45, 7) is 2.12.